The number of carbonyl (C=O) groups excluding carboxylic acids is 1. The highest BCUT2D eigenvalue weighted by molar-refractivity contribution is 7.98. The van der Waals surface area contributed by atoms with Gasteiger partial charge in [-0.3, -0.25) is 9.52 Å². The van der Waals surface area contributed by atoms with E-state index >= 15 is 0 Å². The molecule has 4 rings (SSSR count). The highest BCUT2D eigenvalue weighted by Gasteiger charge is 2.23. The molecule has 1 aliphatic rings. The summed E-state index contributed by atoms with van der Waals surface area (Å²) in [6.07, 6.45) is 1.54. The minimum atomic E-state index is 0.116. The summed E-state index contributed by atoms with van der Waals surface area (Å²) in [5.41, 5.74) is 3.74. The van der Waals surface area contributed by atoms with E-state index in [1.807, 2.05) is 42.5 Å². The van der Waals surface area contributed by atoms with E-state index in [-0.39, 0.29) is 11.2 Å². The summed E-state index contributed by atoms with van der Waals surface area (Å²) in [4.78, 5) is 11.3. The number of para-hydroxylation sites is 1. The highest BCUT2D eigenvalue weighted by Crippen LogP contribution is 2.34. The second kappa shape index (κ2) is 9.63. The van der Waals surface area contributed by atoms with Gasteiger partial charge in [-0.2, -0.15) is 0 Å². The predicted octanol–water partition coefficient (Wildman–Crippen LogP) is 5.02. The van der Waals surface area contributed by atoms with Crippen molar-refractivity contribution in [3.8, 4) is 11.5 Å². The zero-order chi connectivity index (χ0) is 19.9. The molecule has 0 radical (unpaired) electrons. The fraction of sp³-hybridized carbons (Fsp3) is 0.208. The third-order valence-electron chi connectivity index (χ3n) is 4.86. The van der Waals surface area contributed by atoms with E-state index in [2.05, 4.69) is 46.4 Å². The molecule has 0 bridgehead atoms. The summed E-state index contributed by atoms with van der Waals surface area (Å²) >= 11 is 1.51. The maximum absolute atomic E-state index is 11.3. The van der Waals surface area contributed by atoms with Crippen molar-refractivity contribution in [3.05, 3.63) is 95.6 Å². The quantitative estimate of drug-likeness (QED) is 0.409. The molecule has 2 N–H and O–H groups in total. The van der Waals surface area contributed by atoms with Gasteiger partial charge in [-0.15, -0.1) is 0 Å². The lowest BCUT2D eigenvalue weighted by Crippen LogP contribution is -2.16. The van der Waals surface area contributed by atoms with E-state index in [1.54, 1.807) is 0 Å². The molecular weight excluding hydrogens is 380 g/mol. The van der Waals surface area contributed by atoms with Crippen molar-refractivity contribution < 1.29 is 9.53 Å². The molecule has 1 fully saturated rings. The maximum Gasteiger partial charge on any atom is 0.231 e. The molecule has 3 aromatic carbocycles. The molecule has 1 atom stereocenters. The van der Waals surface area contributed by atoms with Gasteiger partial charge in [-0.05, 0) is 65.9 Å². The molecule has 1 aliphatic heterocycles. The first kappa shape index (κ1) is 19.6. The van der Waals surface area contributed by atoms with Crippen LogP contribution in [0.5, 0.6) is 11.5 Å². The zero-order valence-electron chi connectivity index (χ0n) is 16.1. The molecule has 1 amide bonds. The van der Waals surface area contributed by atoms with Crippen molar-refractivity contribution in [2.75, 3.05) is 6.54 Å². The molecule has 1 saturated heterocycles. The van der Waals surface area contributed by atoms with Crippen LogP contribution in [0.4, 0.5) is 0 Å². The summed E-state index contributed by atoms with van der Waals surface area (Å²) < 4.78 is 8.64. The first-order valence-electron chi connectivity index (χ1n) is 9.82. The number of carbonyl (C=O) groups is 1. The molecule has 0 saturated carbocycles. The second-order valence-corrected chi connectivity index (χ2v) is 8.07. The SMILES string of the molecule is O=C1CC(c2ccc(CNCCc3ccc(Oc4ccccc4)cc3)cc2)SN1. The normalized spacial score (nSPS) is 15.9. The zero-order valence-corrected chi connectivity index (χ0v) is 17.0. The Kier molecular flexibility index (Phi) is 6.49. The lowest BCUT2D eigenvalue weighted by atomic mass is 10.1. The monoisotopic (exact) mass is 404 g/mol. The van der Waals surface area contributed by atoms with Gasteiger partial charge in [0.2, 0.25) is 5.91 Å². The van der Waals surface area contributed by atoms with Crippen LogP contribution < -0.4 is 14.8 Å². The van der Waals surface area contributed by atoms with Crippen LogP contribution in [-0.4, -0.2) is 12.5 Å². The van der Waals surface area contributed by atoms with E-state index in [1.165, 1.54) is 28.6 Å². The molecule has 4 nitrogen and oxygen atoms in total. The van der Waals surface area contributed by atoms with Crippen molar-refractivity contribution in [2.45, 2.75) is 24.6 Å². The van der Waals surface area contributed by atoms with Gasteiger partial charge in [0.1, 0.15) is 11.5 Å². The summed E-state index contributed by atoms with van der Waals surface area (Å²) in [6.45, 7) is 1.75. The van der Waals surface area contributed by atoms with Gasteiger partial charge in [0, 0.05) is 13.0 Å². The van der Waals surface area contributed by atoms with Crippen LogP contribution in [0.2, 0.25) is 0 Å². The Morgan fingerprint density at radius 1 is 0.897 bits per heavy atom. The molecular formula is C24H24N2O2S. The van der Waals surface area contributed by atoms with Gasteiger partial charge in [-0.1, -0.05) is 54.6 Å². The number of hydrogen-bond donors (Lipinski definition) is 2. The maximum atomic E-state index is 11.3. The summed E-state index contributed by atoms with van der Waals surface area (Å²) in [6, 6.07) is 26.6. The Bertz CT molecular complexity index is 927. The molecule has 0 aliphatic carbocycles. The first-order valence-corrected chi connectivity index (χ1v) is 10.7. The van der Waals surface area contributed by atoms with Crippen molar-refractivity contribution in [1.82, 2.24) is 10.0 Å². The first-order chi connectivity index (χ1) is 14.3. The molecule has 3 aromatic rings. The largest absolute Gasteiger partial charge is 0.457 e. The fourth-order valence-electron chi connectivity index (χ4n) is 3.24. The Hall–Kier alpha value is -2.76. The van der Waals surface area contributed by atoms with Crippen molar-refractivity contribution in [2.24, 2.45) is 0 Å². The Morgan fingerprint density at radius 2 is 1.59 bits per heavy atom. The topological polar surface area (TPSA) is 50.4 Å². The lowest BCUT2D eigenvalue weighted by Gasteiger charge is -2.09. The molecule has 29 heavy (non-hydrogen) atoms. The third-order valence-corrected chi connectivity index (χ3v) is 5.93. The average Bonchev–Trinajstić information content (AvgIpc) is 3.20. The van der Waals surface area contributed by atoms with Gasteiger partial charge >= 0.3 is 0 Å². The standard InChI is InChI=1S/C24H24N2O2S/c27-24-16-23(29-26-24)20-10-6-19(7-11-20)17-25-15-14-18-8-12-22(13-9-18)28-21-4-2-1-3-5-21/h1-13,23,25H,14-17H2,(H,26,27). The number of rotatable bonds is 8. The van der Waals surface area contributed by atoms with Crippen molar-refractivity contribution in [3.63, 3.8) is 0 Å². The van der Waals surface area contributed by atoms with E-state index in [0.717, 1.165) is 31.0 Å². The van der Waals surface area contributed by atoms with Gasteiger partial charge < -0.3 is 10.1 Å². The average molecular weight is 405 g/mol. The Balaban J connectivity index is 1.20. The summed E-state index contributed by atoms with van der Waals surface area (Å²) in [7, 11) is 0. The number of hydrogen-bond acceptors (Lipinski definition) is 4. The van der Waals surface area contributed by atoms with Crippen LogP contribution in [0.15, 0.2) is 78.9 Å². The van der Waals surface area contributed by atoms with Gasteiger partial charge in [0.05, 0.1) is 5.25 Å². The Morgan fingerprint density at radius 3 is 2.28 bits per heavy atom. The number of ether oxygens (including phenoxy) is 1. The van der Waals surface area contributed by atoms with E-state index in [0.29, 0.717) is 6.42 Å². The number of amides is 1. The highest BCUT2D eigenvalue weighted by atomic mass is 32.2. The Labute approximate surface area is 175 Å². The van der Waals surface area contributed by atoms with Crippen LogP contribution >= 0.6 is 11.9 Å². The van der Waals surface area contributed by atoms with Crippen LogP contribution in [0.1, 0.15) is 28.4 Å². The van der Waals surface area contributed by atoms with Crippen LogP contribution in [0.25, 0.3) is 0 Å². The van der Waals surface area contributed by atoms with E-state index in [4.69, 9.17) is 4.74 Å². The predicted molar refractivity (Wildman–Crippen MR) is 118 cm³/mol. The third kappa shape index (κ3) is 5.62. The van der Waals surface area contributed by atoms with E-state index < -0.39 is 0 Å². The molecule has 5 heteroatoms. The summed E-state index contributed by atoms with van der Waals surface area (Å²) in [5.74, 6) is 1.82. The molecule has 0 spiro atoms. The minimum absolute atomic E-state index is 0.116. The minimum Gasteiger partial charge on any atom is -0.457 e. The van der Waals surface area contributed by atoms with Gasteiger partial charge in [0.15, 0.2) is 0 Å². The van der Waals surface area contributed by atoms with Crippen LogP contribution in [0.3, 0.4) is 0 Å². The van der Waals surface area contributed by atoms with Crippen molar-refractivity contribution in [1.29, 1.82) is 0 Å². The lowest BCUT2D eigenvalue weighted by molar-refractivity contribution is -0.118. The molecule has 1 heterocycles. The molecule has 1 unspecified atom stereocenters. The molecule has 0 aromatic heterocycles. The molecule has 148 valence electrons. The van der Waals surface area contributed by atoms with Gasteiger partial charge in [-0.25, -0.2) is 0 Å². The summed E-state index contributed by atoms with van der Waals surface area (Å²) in [5, 5.41) is 3.73. The van der Waals surface area contributed by atoms with Crippen molar-refractivity contribution >= 4 is 17.9 Å². The van der Waals surface area contributed by atoms with Crippen LogP contribution in [0, 0.1) is 0 Å². The number of benzene rings is 3. The van der Waals surface area contributed by atoms with E-state index in [9.17, 15) is 4.79 Å². The number of nitrogens with one attached hydrogen (secondary N) is 2. The van der Waals surface area contributed by atoms with Crippen LogP contribution in [-0.2, 0) is 17.8 Å². The van der Waals surface area contributed by atoms with Gasteiger partial charge in [0.25, 0.3) is 0 Å². The fourth-order valence-corrected chi connectivity index (χ4v) is 4.12. The second-order valence-electron chi connectivity index (χ2n) is 7.06. The smallest absolute Gasteiger partial charge is 0.231 e.